The van der Waals surface area contributed by atoms with Crippen LogP contribution in [0.1, 0.15) is 31.2 Å². The summed E-state index contributed by atoms with van der Waals surface area (Å²) in [4.78, 5) is 15.2. The highest BCUT2D eigenvalue weighted by Crippen LogP contribution is 2.28. The van der Waals surface area contributed by atoms with E-state index in [0.29, 0.717) is 17.5 Å². The fraction of sp³-hybridized carbons (Fsp3) is 0.423. The van der Waals surface area contributed by atoms with Crippen molar-refractivity contribution in [1.82, 2.24) is 14.8 Å². The Hall–Kier alpha value is -2.91. The quantitative estimate of drug-likeness (QED) is 0.448. The summed E-state index contributed by atoms with van der Waals surface area (Å²) in [6.45, 7) is 5.55. The Balaban J connectivity index is 1.27. The van der Waals surface area contributed by atoms with Gasteiger partial charge in [0.2, 0.25) is 5.91 Å². The predicted octanol–water partition coefficient (Wildman–Crippen LogP) is 4.90. The van der Waals surface area contributed by atoms with Gasteiger partial charge in [-0.25, -0.2) is 4.39 Å². The normalized spacial score (nSPS) is 17.8. The fourth-order valence-electron chi connectivity index (χ4n) is 4.64. The van der Waals surface area contributed by atoms with Gasteiger partial charge in [-0.1, -0.05) is 11.8 Å². The molecule has 5 rings (SSSR count). The molecule has 2 saturated heterocycles. The number of rotatable bonds is 8. The van der Waals surface area contributed by atoms with Crippen molar-refractivity contribution in [3.05, 3.63) is 53.8 Å². The number of anilines is 2. The molecule has 3 heterocycles. The van der Waals surface area contributed by atoms with E-state index in [-0.39, 0.29) is 23.6 Å². The predicted molar refractivity (Wildman–Crippen MR) is 136 cm³/mol. The number of nitrogens with zero attached hydrogens (tertiary/aromatic N) is 4. The minimum absolute atomic E-state index is 0.0788. The summed E-state index contributed by atoms with van der Waals surface area (Å²) in [7, 11) is 0. The van der Waals surface area contributed by atoms with Gasteiger partial charge in [0.1, 0.15) is 5.82 Å². The molecule has 1 aromatic heterocycles. The Morgan fingerprint density at radius 1 is 1.14 bits per heavy atom. The number of hydrogen-bond donors (Lipinski definition) is 1. The highest BCUT2D eigenvalue weighted by Gasteiger charge is 2.22. The highest BCUT2D eigenvalue weighted by molar-refractivity contribution is 7.99. The molecule has 0 radical (unpaired) electrons. The number of carbonyl (C=O) groups is 1. The molecule has 35 heavy (non-hydrogen) atoms. The Morgan fingerprint density at radius 2 is 1.94 bits per heavy atom. The van der Waals surface area contributed by atoms with Gasteiger partial charge in [-0.15, -0.1) is 10.2 Å². The molecule has 0 spiro atoms. The minimum Gasteiger partial charge on any atom is -0.376 e. The molecule has 2 aliphatic heterocycles. The lowest BCUT2D eigenvalue weighted by atomic mass is 10.1. The maximum absolute atomic E-state index is 13.4. The van der Waals surface area contributed by atoms with Crippen LogP contribution in [0, 0.1) is 12.7 Å². The summed E-state index contributed by atoms with van der Waals surface area (Å²) >= 11 is 1.35. The van der Waals surface area contributed by atoms with E-state index in [4.69, 9.17) is 4.74 Å². The number of carbonyl (C=O) groups excluding carboxylic acids is 1. The average molecular weight is 496 g/mol. The molecular formula is C26H30FN5O2S. The van der Waals surface area contributed by atoms with Gasteiger partial charge in [0.15, 0.2) is 11.0 Å². The smallest absolute Gasteiger partial charge is 0.234 e. The number of benzene rings is 2. The van der Waals surface area contributed by atoms with Crippen LogP contribution in [-0.2, 0) is 16.1 Å². The molecule has 1 amide bonds. The second-order valence-electron chi connectivity index (χ2n) is 9.09. The van der Waals surface area contributed by atoms with Gasteiger partial charge in [-0.05, 0) is 80.6 Å². The van der Waals surface area contributed by atoms with Gasteiger partial charge >= 0.3 is 0 Å². The summed E-state index contributed by atoms with van der Waals surface area (Å²) in [6, 6.07) is 12.4. The summed E-state index contributed by atoms with van der Waals surface area (Å²) in [6.07, 6.45) is 4.54. The fourth-order valence-corrected chi connectivity index (χ4v) is 5.39. The molecule has 1 N–H and O–H groups in total. The van der Waals surface area contributed by atoms with Gasteiger partial charge in [-0.3, -0.25) is 9.36 Å². The molecule has 7 nitrogen and oxygen atoms in total. The molecule has 1 unspecified atom stereocenters. The third kappa shape index (κ3) is 5.67. The Bertz CT molecular complexity index is 1170. The maximum Gasteiger partial charge on any atom is 0.234 e. The van der Waals surface area contributed by atoms with Crippen molar-refractivity contribution in [2.75, 3.05) is 35.7 Å². The molecule has 2 aliphatic rings. The van der Waals surface area contributed by atoms with E-state index < -0.39 is 0 Å². The van der Waals surface area contributed by atoms with Gasteiger partial charge in [-0.2, -0.15) is 0 Å². The number of thioether (sulfide) groups is 1. The molecule has 2 fully saturated rings. The highest BCUT2D eigenvalue weighted by atomic mass is 32.2. The SMILES string of the molecule is Cc1cc(N2CCCC2)ccc1NC(=O)CSc1nnc(-c2ccc(F)cc2)n1CC1CCCO1. The van der Waals surface area contributed by atoms with Crippen LogP contribution in [-0.4, -0.2) is 52.2 Å². The second kappa shape index (κ2) is 10.8. The van der Waals surface area contributed by atoms with Gasteiger partial charge in [0, 0.05) is 36.6 Å². The molecular weight excluding hydrogens is 465 g/mol. The molecule has 1 atom stereocenters. The summed E-state index contributed by atoms with van der Waals surface area (Å²) in [5.41, 5.74) is 3.86. The van der Waals surface area contributed by atoms with Crippen LogP contribution in [0.15, 0.2) is 47.6 Å². The first-order valence-electron chi connectivity index (χ1n) is 12.2. The van der Waals surface area contributed by atoms with Crippen LogP contribution in [0.5, 0.6) is 0 Å². The molecule has 184 valence electrons. The topological polar surface area (TPSA) is 72.3 Å². The van der Waals surface area contributed by atoms with Crippen LogP contribution < -0.4 is 10.2 Å². The van der Waals surface area contributed by atoms with Crippen molar-refractivity contribution in [3.8, 4) is 11.4 Å². The van der Waals surface area contributed by atoms with Crippen molar-refractivity contribution < 1.29 is 13.9 Å². The lowest BCUT2D eigenvalue weighted by Crippen LogP contribution is -2.19. The zero-order chi connectivity index (χ0) is 24.2. The summed E-state index contributed by atoms with van der Waals surface area (Å²) in [5, 5.41) is 12.4. The van der Waals surface area contributed by atoms with E-state index in [1.165, 1.54) is 42.4 Å². The van der Waals surface area contributed by atoms with Gasteiger partial charge in [0.25, 0.3) is 0 Å². The lowest BCUT2D eigenvalue weighted by Gasteiger charge is -2.19. The Labute approximate surface area is 209 Å². The zero-order valence-electron chi connectivity index (χ0n) is 19.9. The summed E-state index contributed by atoms with van der Waals surface area (Å²) in [5.74, 6) is 0.466. The lowest BCUT2D eigenvalue weighted by molar-refractivity contribution is -0.113. The van der Waals surface area contributed by atoms with E-state index in [1.807, 2.05) is 17.6 Å². The zero-order valence-corrected chi connectivity index (χ0v) is 20.7. The maximum atomic E-state index is 13.4. The third-order valence-electron chi connectivity index (χ3n) is 6.52. The standard InChI is InChI=1S/C26H30FN5O2S/c1-18-15-21(31-12-2-3-13-31)10-11-23(18)28-24(33)17-35-26-30-29-25(19-6-8-20(27)9-7-19)32(26)16-22-5-4-14-34-22/h6-11,15,22H,2-5,12-14,16-17H2,1H3,(H,28,33). The first-order chi connectivity index (χ1) is 17.1. The molecule has 0 aliphatic carbocycles. The molecule has 2 aromatic carbocycles. The Kier molecular flexibility index (Phi) is 7.34. The monoisotopic (exact) mass is 495 g/mol. The minimum atomic E-state index is -0.297. The molecule has 0 bridgehead atoms. The van der Waals surface area contributed by atoms with Crippen molar-refractivity contribution >= 4 is 29.0 Å². The van der Waals surface area contributed by atoms with Crippen molar-refractivity contribution in [3.63, 3.8) is 0 Å². The number of aromatic nitrogens is 3. The van der Waals surface area contributed by atoms with E-state index in [2.05, 4.69) is 32.5 Å². The van der Waals surface area contributed by atoms with E-state index in [9.17, 15) is 9.18 Å². The molecule has 3 aromatic rings. The van der Waals surface area contributed by atoms with Crippen LogP contribution >= 0.6 is 11.8 Å². The molecule has 9 heteroatoms. The number of amides is 1. The molecule has 0 saturated carbocycles. The van der Waals surface area contributed by atoms with E-state index in [1.54, 1.807) is 12.1 Å². The van der Waals surface area contributed by atoms with E-state index >= 15 is 0 Å². The van der Waals surface area contributed by atoms with Crippen molar-refractivity contribution in [2.24, 2.45) is 0 Å². The summed E-state index contributed by atoms with van der Waals surface area (Å²) < 4.78 is 21.2. The van der Waals surface area contributed by atoms with Crippen molar-refractivity contribution in [1.29, 1.82) is 0 Å². The number of nitrogens with one attached hydrogen (secondary N) is 1. The average Bonchev–Trinajstić information content (AvgIpc) is 3.63. The number of hydrogen-bond acceptors (Lipinski definition) is 6. The first kappa shape index (κ1) is 23.8. The van der Waals surface area contributed by atoms with Crippen LogP contribution in [0.3, 0.4) is 0 Å². The largest absolute Gasteiger partial charge is 0.376 e. The Morgan fingerprint density at radius 3 is 2.66 bits per heavy atom. The number of ether oxygens (including phenoxy) is 1. The van der Waals surface area contributed by atoms with E-state index in [0.717, 1.165) is 49.4 Å². The van der Waals surface area contributed by atoms with Crippen molar-refractivity contribution in [2.45, 2.75) is 50.4 Å². The second-order valence-corrected chi connectivity index (χ2v) is 10.0. The number of halogens is 1. The van der Waals surface area contributed by atoms with Gasteiger partial charge in [0.05, 0.1) is 18.4 Å². The van der Waals surface area contributed by atoms with Crippen LogP contribution in [0.25, 0.3) is 11.4 Å². The van der Waals surface area contributed by atoms with Gasteiger partial charge < -0.3 is 15.0 Å². The van der Waals surface area contributed by atoms with Crippen LogP contribution in [0.2, 0.25) is 0 Å². The first-order valence-corrected chi connectivity index (χ1v) is 13.1. The van der Waals surface area contributed by atoms with Crippen LogP contribution in [0.4, 0.5) is 15.8 Å². The third-order valence-corrected chi connectivity index (χ3v) is 7.48. The number of aryl methyl sites for hydroxylation is 1.